The van der Waals surface area contributed by atoms with Crippen LogP contribution in [0.2, 0.25) is 0 Å². The van der Waals surface area contributed by atoms with Crippen LogP contribution in [0.15, 0.2) is 0 Å². The number of hydrogen-bond acceptors (Lipinski definition) is 1. The van der Waals surface area contributed by atoms with Crippen molar-refractivity contribution in [3.8, 4) is 0 Å². The summed E-state index contributed by atoms with van der Waals surface area (Å²) in [5.74, 6) is 1.40. The van der Waals surface area contributed by atoms with Crippen LogP contribution in [0, 0.1) is 11.8 Å². The maximum absolute atomic E-state index is 6.30. The van der Waals surface area contributed by atoms with E-state index in [1.54, 1.807) is 0 Å². The highest BCUT2D eigenvalue weighted by atomic mass is 14.7. The lowest BCUT2D eigenvalue weighted by Crippen LogP contribution is -2.44. The highest BCUT2D eigenvalue weighted by Crippen LogP contribution is 2.26. The second-order valence-corrected chi connectivity index (χ2v) is 4.91. The largest absolute Gasteiger partial charge is 0.325 e. The fourth-order valence-corrected chi connectivity index (χ4v) is 2.01. The van der Waals surface area contributed by atoms with Crippen molar-refractivity contribution in [1.82, 2.24) is 0 Å². The van der Waals surface area contributed by atoms with E-state index in [0.29, 0.717) is 5.92 Å². The molecule has 1 nitrogen and oxygen atoms in total. The summed E-state index contributed by atoms with van der Waals surface area (Å²) in [6.07, 6.45) is 4.93. The highest BCUT2D eigenvalue weighted by Gasteiger charge is 2.26. The van der Waals surface area contributed by atoms with Gasteiger partial charge in [0.25, 0.3) is 0 Å². The Morgan fingerprint density at radius 3 is 2.15 bits per heavy atom. The highest BCUT2D eigenvalue weighted by molar-refractivity contribution is 4.85. The van der Waals surface area contributed by atoms with Gasteiger partial charge in [0.2, 0.25) is 0 Å². The molecule has 0 aromatic rings. The minimum absolute atomic E-state index is 0.0311. The molecule has 0 aromatic carbocycles. The molecule has 80 valence electrons. The summed E-state index contributed by atoms with van der Waals surface area (Å²) in [5.41, 5.74) is 6.33. The van der Waals surface area contributed by atoms with Crippen LogP contribution >= 0.6 is 0 Å². The molecular weight excluding hydrogens is 158 g/mol. The summed E-state index contributed by atoms with van der Waals surface area (Å²) >= 11 is 0. The summed E-state index contributed by atoms with van der Waals surface area (Å²) in [6.45, 7) is 11.2. The normalized spacial score (nSPS) is 20.8. The molecule has 3 unspecified atom stereocenters. The van der Waals surface area contributed by atoms with E-state index in [1.807, 2.05) is 0 Å². The molecule has 0 aromatic heterocycles. The minimum atomic E-state index is 0.0311. The molecular formula is C12H27N. The van der Waals surface area contributed by atoms with E-state index in [9.17, 15) is 0 Å². The maximum atomic E-state index is 6.30. The Balaban J connectivity index is 3.99. The summed E-state index contributed by atoms with van der Waals surface area (Å²) in [6, 6.07) is 0. The lowest BCUT2D eigenvalue weighted by Gasteiger charge is -2.33. The fourth-order valence-electron chi connectivity index (χ4n) is 2.01. The standard InChI is InChI=1S/C12H27N/c1-6-8-10(3)9-12(5,13)11(4)7-2/h10-11H,6-9,13H2,1-5H3. The number of hydrogen-bond donors (Lipinski definition) is 1. The van der Waals surface area contributed by atoms with Crippen molar-refractivity contribution in [3.63, 3.8) is 0 Å². The first-order chi connectivity index (χ1) is 5.94. The van der Waals surface area contributed by atoms with Crippen LogP contribution in [0.5, 0.6) is 0 Å². The Kier molecular flexibility index (Phi) is 5.62. The summed E-state index contributed by atoms with van der Waals surface area (Å²) < 4.78 is 0. The van der Waals surface area contributed by atoms with Gasteiger partial charge in [-0.25, -0.2) is 0 Å². The lowest BCUT2D eigenvalue weighted by molar-refractivity contribution is 0.245. The molecule has 0 aliphatic rings. The summed E-state index contributed by atoms with van der Waals surface area (Å²) in [5, 5.41) is 0. The summed E-state index contributed by atoms with van der Waals surface area (Å²) in [4.78, 5) is 0. The maximum Gasteiger partial charge on any atom is 0.0154 e. The van der Waals surface area contributed by atoms with Crippen LogP contribution in [-0.2, 0) is 0 Å². The molecule has 0 heterocycles. The van der Waals surface area contributed by atoms with Gasteiger partial charge >= 0.3 is 0 Å². The third-order valence-corrected chi connectivity index (χ3v) is 3.31. The van der Waals surface area contributed by atoms with Crippen LogP contribution in [0.4, 0.5) is 0 Å². The average molecular weight is 185 g/mol. The Bertz CT molecular complexity index is 129. The van der Waals surface area contributed by atoms with E-state index in [0.717, 1.165) is 12.3 Å². The zero-order chi connectivity index (χ0) is 10.5. The molecule has 0 aliphatic carbocycles. The predicted octanol–water partition coefficient (Wildman–Crippen LogP) is 3.58. The zero-order valence-electron chi connectivity index (χ0n) is 10.1. The average Bonchev–Trinajstić information content (AvgIpc) is 2.02. The molecule has 0 aliphatic heterocycles. The molecule has 0 saturated heterocycles. The van der Waals surface area contributed by atoms with Crippen LogP contribution < -0.4 is 5.73 Å². The fraction of sp³-hybridized carbons (Fsp3) is 1.00. The lowest BCUT2D eigenvalue weighted by atomic mass is 9.78. The molecule has 0 saturated carbocycles. The van der Waals surface area contributed by atoms with Gasteiger partial charge in [-0.2, -0.15) is 0 Å². The molecule has 0 rings (SSSR count). The molecule has 0 fully saturated rings. The molecule has 13 heavy (non-hydrogen) atoms. The molecule has 0 spiro atoms. The zero-order valence-corrected chi connectivity index (χ0v) is 10.1. The monoisotopic (exact) mass is 185 g/mol. The second-order valence-electron chi connectivity index (χ2n) is 4.91. The molecule has 0 bridgehead atoms. The van der Waals surface area contributed by atoms with Crippen molar-refractivity contribution in [2.75, 3.05) is 0 Å². The van der Waals surface area contributed by atoms with Crippen molar-refractivity contribution < 1.29 is 0 Å². The quantitative estimate of drug-likeness (QED) is 0.672. The first-order valence-electron chi connectivity index (χ1n) is 5.72. The van der Waals surface area contributed by atoms with Gasteiger partial charge < -0.3 is 5.73 Å². The first kappa shape index (κ1) is 13.0. The van der Waals surface area contributed by atoms with E-state index in [-0.39, 0.29) is 5.54 Å². The third kappa shape index (κ3) is 4.66. The molecule has 2 N–H and O–H groups in total. The third-order valence-electron chi connectivity index (χ3n) is 3.31. The van der Waals surface area contributed by atoms with Gasteiger partial charge in [0.05, 0.1) is 0 Å². The van der Waals surface area contributed by atoms with Gasteiger partial charge in [-0.3, -0.25) is 0 Å². The van der Waals surface area contributed by atoms with E-state index >= 15 is 0 Å². The Morgan fingerprint density at radius 1 is 1.23 bits per heavy atom. The van der Waals surface area contributed by atoms with Gasteiger partial charge in [-0.15, -0.1) is 0 Å². The Labute approximate surface area is 84.1 Å². The van der Waals surface area contributed by atoms with Crippen LogP contribution in [-0.4, -0.2) is 5.54 Å². The number of nitrogens with two attached hydrogens (primary N) is 1. The van der Waals surface area contributed by atoms with Gasteiger partial charge in [0, 0.05) is 5.54 Å². The van der Waals surface area contributed by atoms with E-state index in [4.69, 9.17) is 5.73 Å². The van der Waals surface area contributed by atoms with Crippen molar-refractivity contribution in [2.45, 2.75) is 65.8 Å². The van der Waals surface area contributed by atoms with Crippen molar-refractivity contribution in [1.29, 1.82) is 0 Å². The molecule has 0 amide bonds. The summed E-state index contributed by atoms with van der Waals surface area (Å²) in [7, 11) is 0. The topological polar surface area (TPSA) is 26.0 Å². The van der Waals surface area contributed by atoms with E-state index < -0.39 is 0 Å². The van der Waals surface area contributed by atoms with E-state index in [1.165, 1.54) is 19.3 Å². The van der Waals surface area contributed by atoms with E-state index in [2.05, 4.69) is 34.6 Å². The second kappa shape index (κ2) is 5.64. The van der Waals surface area contributed by atoms with Gasteiger partial charge in [0.15, 0.2) is 0 Å². The van der Waals surface area contributed by atoms with Crippen molar-refractivity contribution in [2.24, 2.45) is 17.6 Å². The van der Waals surface area contributed by atoms with Gasteiger partial charge in [-0.05, 0) is 25.2 Å². The van der Waals surface area contributed by atoms with Crippen molar-refractivity contribution in [3.05, 3.63) is 0 Å². The first-order valence-corrected chi connectivity index (χ1v) is 5.72. The van der Waals surface area contributed by atoms with Gasteiger partial charge in [0.1, 0.15) is 0 Å². The van der Waals surface area contributed by atoms with Gasteiger partial charge in [-0.1, -0.05) is 47.0 Å². The number of rotatable bonds is 6. The van der Waals surface area contributed by atoms with Crippen LogP contribution in [0.1, 0.15) is 60.3 Å². The van der Waals surface area contributed by atoms with Crippen LogP contribution in [0.25, 0.3) is 0 Å². The van der Waals surface area contributed by atoms with Crippen molar-refractivity contribution >= 4 is 0 Å². The SMILES string of the molecule is CCCC(C)CC(C)(N)C(C)CC. The smallest absolute Gasteiger partial charge is 0.0154 e. The Morgan fingerprint density at radius 2 is 1.77 bits per heavy atom. The molecule has 0 radical (unpaired) electrons. The van der Waals surface area contributed by atoms with Crippen LogP contribution in [0.3, 0.4) is 0 Å². The predicted molar refractivity (Wildman–Crippen MR) is 60.7 cm³/mol. The molecule has 1 heteroatoms. The Hall–Kier alpha value is -0.0400. The minimum Gasteiger partial charge on any atom is -0.325 e. The molecule has 3 atom stereocenters.